The second kappa shape index (κ2) is 4.53. The Morgan fingerprint density at radius 2 is 2.16 bits per heavy atom. The Morgan fingerprint density at radius 3 is 3.00 bits per heavy atom. The molecule has 0 N–H and O–H groups in total. The fourth-order valence-corrected chi connectivity index (χ4v) is 2.06. The number of anilines is 1. The maximum Gasteiger partial charge on any atom is 0.338 e. The van der Waals surface area contributed by atoms with E-state index in [1.165, 1.54) is 7.11 Å². The fourth-order valence-electron chi connectivity index (χ4n) is 2.06. The molecule has 94 valence electrons. The molecule has 3 rings (SSSR count). The monoisotopic (exact) mass is 253 g/mol. The lowest BCUT2D eigenvalue weighted by Crippen LogP contribution is -2.20. The first-order valence-electron chi connectivity index (χ1n) is 5.75. The molecule has 0 bridgehead atoms. The third kappa shape index (κ3) is 1.85. The number of ether oxygens (including phenoxy) is 1. The summed E-state index contributed by atoms with van der Waals surface area (Å²) in [7, 11) is 1.37. The van der Waals surface area contributed by atoms with Crippen LogP contribution in [0.5, 0.6) is 0 Å². The van der Waals surface area contributed by atoms with Gasteiger partial charge in [-0.3, -0.25) is 9.98 Å². The molecule has 0 saturated heterocycles. The van der Waals surface area contributed by atoms with E-state index < -0.39 is 0 Å². The molecule has 0 unspecified atom stereocenters. The van der Waals surface area contributed by atoms with Crippen molar-refractivity contribution in [3.05, 3.63) is 53.6 Å². The maximum atomic E-state index is 11.8. The molecule has 2 aliphatic rings. The number of carbonyl (C=O) groups excluding carboxylic acids is 1. The molecule has 1 aromatic carbocycles. The van der Waals surface area contributed by atoms with Crippen molar-refractivity contribution in [2.45, 2.75) is 0 Å². The number of esters is 1. The van der Waals surface area contributed by atoms with E-state index >= 15 is 0 Å². The van der Waals surface area contributed by atoms with Gasteiger partial charge in [0.15, 0.2) is 0 Å². The number of fused-ring (bicyclic) bond motifs is 3. The average Bonchev–Trinajstić information content (AvgIpc) is 2.65. The number of benzene rings is 1. The number of methoxy groups -OCH3 is 1. The van der Waals surface area contributed by atoms with Gasteiger partial charge in [0.25, 0.3) is 0 Å². The normalized spacial score (nSPS) is 15.4. The summed E-state index contributed by atoms with van der Waals surface area (Å²) >= 11 is 0. The van der Waals surface area contributed by atoms with E-state index in [1.54, 1.807) is 30.9 Å². The minimum atomic E-state index is -0.374. The van der Waals surface area contributed by atoms with Gasteiger partial charge in [0, 0.05) is 24.2 Å². The lowest BCUT2D eigenvalue weighted by molar-refractivity contribution is 0.0600. The van der Waals surface area contributed by atoms with Gasteiger partial charge in [-0.1, -0.05) is 6.07 Å². The molecular weight excluding hydrogens is 242 g/mol. The summed E-state index contributed by atoms with van der Waals surface area (Å²) in [5.74, 6) is -0.374. The topological polar surface area (TPSA) is 54.3 Å². The highest BCUT2D eigenvalue weighted by atomic mass is 16.5. The van der Waals surface area contributed by atoms with Gasteiger partial charge in [0.2, 0.25) is 0 Å². The first-order chi connectivity index (χ1) is 9.31. The van der Waals surface area contributed by atoms with E-state index in [4.69, 9.17) is 4.74 Å². The number of aliphatic imine (C=N–C) groups is 2. The summed E-state index contributed by atoms with van der Waals surface area (Å²) < 4.78 is 4.80. The molecule has 0 saturated carbocycles. The third-order valence-corrected chi connectivity index (χ3v) is 2.95. The SMILES string of the molecule is COC(=O)c1cccc2c1C=NC=C1C=NC=CN12. The molecule has 1 aromatic rings. The molecular formula is C14H11N3O2. The van der Waals surface area contributed by atoms with Crippen molar-refractivity contribution in [1.29, 1.82) is 0 Å². The predicted octanol–water partition coefficient (Wildman–Crippen LogP) is 2.11. The summed E-state index contributed by atoms with van der Waals surface area (Å²) in [4.78, 5) is 22.0. The Bertz CT molecular complexity index is 657. The van der Waals surface area contributed by atoms with E-state index in [1.807, 2.05) is 23.2 Å². The van der Waals surface area contributed by atoms with Crippen LogP contribution in [-0.4, -0.2) is 25.5 Å². The minimum absolute atomic E-state index is 0.374. The van der Waals surface area contributed by atoms with Crippen LogP contribution in [0.3, 0.4) is 0 Å². The molecule has 0 aromatic heterocycles. The number of nitrogens with zero attached hydrogens (tertiary/aromatic N) is 3. The highest BCUT2D eigenvalue weighted by Gasteiger charge is 2.20. The number of rotatable bonds is 1. The van der Waals surface area contributed by atoms with Crippen LogP contribution in [0.4, 0.5) is 5.69 Å². The van der Waals surface area contributed by atoms with Gasteiger partial charge in [0.05, 0.1) is 36.5 Å². The fraction of sp³-hybridized carbons (Fsp3) is 0.0714. The standard InChI is InChI=1S/C14H11N3O2/c1-19-14(18)11-3-2-4-13-12(11)9-16-8-10-7-15-5-6-17(10)13/h2-9H,1H3. The minimum Gasteiger partial charge on any atom is -0.465 e. The van der Waals surface area contributed by atoms with E-state index in [2.05, 4.69) is 9.98 Å². The summed E-state index contributed by atoms with van der Waals surface area (Å²) in [6.07, 6.45) is 8.61. The lowest BCUT2D eigenvalue weighted by atomic mass is 10.1. The van der Waals surface area contributed by atoms with Crippen molar-refractivity contribution in [3.8, 4) is 0 Å². The van der Waals surface area contributed by atoms with Crippen molar-refractivity contribution in [3.63, 3.8) is 0 Å². The Labute approximate surface area is 110 Å². The van der Waals surface area contributed by atoms with Crippen LogP contribution in [0.2, 0.25) is 0 Å². The van der Waals surface area contributed by atoms with Gasteiger partial charge in [-0.05, 0) is 12.1 Å². The number of allylic oxidation sites excluding steroid dienone is 1. The Morgan fingerprint density at radius 1 is 1.26 bits per heavy atom. The highest BCUT2D eigenvalue weighted by Crippen LogP contribution is 2.29. The Balaban J connectivity index is 2.18. The first kappa shape index (κ1) is 11.4. The molecule has 0 atom stereocenters. The van der Waals surface area contributed by atoms with Crippen LogP contribution in [0.25, 0.3) is 0 Å². The second-order valence-corrected chi connectivity index (χ2v) is 4.01. The van der Waals surface area contributed by atoms with Crippen LogP contribution in [0, 0.1) is 0 Å². The van der Waals surface area contributed by atoms with Crippen molar-refractivity contribution in [2.75, 3.05) is 12.0 Å². The molecule has 2 aliphatic heterocycles. The van der Waals surface area contributed by atoms with E-state index in [9.17, 15) is 4.79 Å². The quantitative estimate of drug-likeness (QED) is 0.720. The molecule has 0 fully saturated rings. The average molecular weight is 253 g/mol. The second-order valence-electron chi connectivity index (χ2n) is 4.01. The van der Waals surface area contributed by atoms with Crippen molar-refractivity contribution in [2.24, 2.45) is 9.98 Å². The smallest absolute Gasteiger partial charge is 0.338 e. The summed E-state index contributed by atoms with van der Waals surface area (Å²) in [6, 6.07) is 5.47. The molecule has 5 nitrogen and oxygen atoms in total. The predicted molar refractivity (Wildman–Crippen MR) is 73.6 cm³/mol. The maximum absolute atomic E-state index is 11.8. The van der Waals surface area contributed by atoms with Gasteiger partial charge in [-0.2, -0.15) is 0 Å². The van der Waals surface area contributed by atoms with Crippen molar-refractivity contribution >= 4 is 24.1 Å². The van der Waals surface area contributed by atoms with Crippen molar-refractivity contribution < 1.29 is 9.53 Å². The Hall–Kier alpha value is -2.69. The van der Waals surface area contributed by atoms with Crippen LogP contribution < -0.4 is 4.90 Å². The zero-order valence-corrected chi connectivity index (χ0v) is 10.3. The van der Waals surface area contributed by atoms with Crippen LogP contribution >= 0.6 is 0 Å². The van der Waals surface area contributed by atoms with Gasteiger partial charge < -0.3 is 9.64 Å². The lowest BCUT2D eigenvalue weighted by Gasteiger charge is -2.23. The van der Waals surface area contributed by atoms with E-state index in [0.29, 0.717) is 5.56 Å². The molecule has 0 aliphatic carbocycles. The summed E-state index contributed by atoms with van der Waals surface area (Å²) in [5.41, 5.74) is 2.95. The molecule has 0 amide bonds. The molecule has 2 heterocycles. The van der Waals surface area contributed by atoms with Gasteiger partial charge in [-0.25, -0.2) is 4.79 Å². The molecule has 5 heteroatoms. The number of carbonyl (C=O) groups is 1. The zero-order valence-electron chi connectivity index (χ0n) is 10.3. The zero-order chi connectivity index (χ0) is 13.2. The Kier molecular flexibility index (Phi) is 2.72. The van der Waals surface area contributed by atoms with Crippen LogP contribution in [0.15, 0.2) is 52.5 Å². The van der Waals surface area contributed by atoms with Crippen molar-refractivity contribution in [1.82, 2.24) is 0 Å². The summed E-state index contributed by atoms with van der Waals surface area (Å²) in [6.45, 7) is 0. The largest absolute Gasteiger partial charge is 0.465 e. The number of hydrogen-bond acceptors (Lipinski definition) is 5. The summed E-state index contributed by atoms with van der Waals surface area (Å²) in [5, 5.41) is 0. The highest BCUT2D eigenvalue weighted by molar-refractivity contribution is 6.05. The van der Waals surface area contributed by atoms with E-state index in [0.717, 1.165) is 16.9 Å². The third-order valence-electron chi connectivity index (χ3n) is 2.95. The molecule has 0 spiro atoms. The first-order valence-corrected chi connectivity index (χ1v) is 5.75. The van der Waals surface area contributed by atoms with E-state index in [-0.39, 0.29) is 5.97 Å². The van der Waals surface area contributed by atoms with Gasteiger partial charge >= 0.3 is 5.97 Å². The molecule has 19 heavy (non-hydrogen) atoms. The van der Waals surface area contributed by atoms with Gasteiger partial charge in [0.1, 0.15) is 0 Å². The molecule has 0 radical (unpaired) electrons. The van der Waals surface area contributed by atoms with Crippen LogP contribution in [0.1, 0.15) is 15.9 Å². The van der Waals surface area contributed by atoms with Gasteiger partial charge in [-0.15, -0.1) is 0 Å². The van der Waals surface area contributed by atoms with Crippen LogP contribution in [-0.2, 0) is 4.74 Å². The number of hydrogen-bond donors (Lipinski definition) is 0.